The first-order valence-electron chi connectivity index (χ1n) is 5.79. The fourth-order valence-corrected chi connectivity index (χ4v) is 2.86. The zero-order valence-electron chi connectivity index (χ0n) is 9.40. The minimum atomic E-state index is -0.333. The molecule has 1 aliphatic carbocycles. The van der Waals surface area contributed by atoms with Gasteiger partial charge >= 0.3 is 6.09 Å². The zero-order chi connectivity index (χ0) is 11.2. The van der Waals surface area contributed by atoms with Crippen LogP contribution in [-0.2, 0) is 10.3 Å². The van der Waals surface area contributed by atoms with Crippen LogP contribution in [0.2, 0.25) is 0 Å². The molecule has 0 N–H and O–H groups in total. The maximum atomic E-state index is 11.8. The number of ether oxygens (including phenoxy) is 1. The Balaban J connectivity index is 2.17. The van der Waals surface area contributed by atoms with E-state index < -0.39 is 0 Å². The van der Waals surface area contributed by atoms with Crippen molar-refractivity contribution in [3.63, 3.8) is 0 Å². The third kappa shape index (κ3) is 1.17. The molecule has 16 heavy (non-hydrogen) atoms. The summed E-state index contributed by atoms with van der Waals surface area (Å²) in [7, 11) is 1.77. The van der Waals surface area contributed by atoms with Crippen LogP contribution in [0.3, 0.4) is 0 Å². The molecule has 2 aliphatic rings. The van der Waals surface area contributed by atoms with Gasteiger partial charge in [-0.3, -0.25) is 4.90 Å². The van der Waals surface area contributed by atoms with Gasteiger partial charge in [-0.1, -0.05) is 18.2 Å². The molecule has 1 fully saturated rings. The molecule has 0 unspecified atom stereocenters. The van der Waals surface area contributed by atoms with Crippen molar-refractivity contribution in [3.8, 4) is 0 Å². The number of rotatable bonds is 0. The van der Waals surface area contributed by atoms with E-state index >= 15 is 0 Å². The highest BCUT2D eigenvalue weighted by Gasteiger charge is 2.45. The number of amides is 1. The molecule has 0 radical (unpaired) electrons. The van der Waals surface area contributed by atoms with Gasteiger partial charge in [-0.2, -0.15) is 0 Å². The lowest BCUT2D eigenvalue weighted by molar-refractivity contribution is 0.0117. The van der Waals surface area contributed by atoms with E-state index in [0.29, 0.717) is 0 Å². The van der Waals surface area contributed by atoms with Gasteiger partial charge in [0.05, 0.1) is 5.69 Å². The minimum absolute atomic E-state index is 0.222. The number of hydrogen-bond acceptors (Lipinski definition) is 2. The smallest absolute Gasteiger partial charge is 0.414 e. The van der Waals surface area contributed by atoms with Gasteiger partial charge < -0.3 is 4.74 Å². The van der Waals surface area contributed by atoms with E-state index in [1.807, 2.05) is 18.2 Å². The molecule has 0 aromatic heterocycles. The van der Waals surface area contributed by atoms with Gasteiger partial charge in [-0.15, -0.1) is 0 Å². The van der Waals surface area contributed by atoms with Crippen LogP contribution in [0.25, 0.3) is 0 Å². The molecule has 3 heteroatoms. The van der Waals surface area contributed by atoms with Crippen molar-refractivity contribution in [2.24, 2.45) is 0 Å². The van der Waals surface area contributed by atoms with Gasteiger partial charge in [0, 0.05) is 12.6 Å². The van der Waals surface area contributed by atoms with Crippen molar-refractivity contribution in [3.05, 3.63) is 29.8 Å². The Morgan fingerprint density at radius 2 is 1.94 bits per heavy atom. The van der Waals surface area contributed by atoms with E-state index in [9.17, 15) is 4.79 Å². The van der Waals surface area contributed by atoms with Gasteiger partial charge in [0.25, 0.3) is 0 Å². The highest BCUT2D eigenvalue weighted by atomic mass is 16.6. The predicted molar refractivity (Wildman–Crippen MR) is 61.5 cm³/mol. The molecule has 1 aromatic rings. The molecule has 84 valence electrons. The lowest BCUT2D eigenvalue weighted by atomic mass is 9.89. The van der Waals surface area contributed by atoms with Gasteiger partial charge in [0.15, 0.2) is 0 Å². The highest BCUT2D eigenvalue weighted by Crippen LogP contribution is 2.48. The highest BCUT2D eigenvalue weighted by molar-refractivity contribution is 5.91. The van der Waals surface area contributed by atoms with E-state index in [1.54, 1.807) is 11.9 Å². The number of para-hydroxylation sites is 1. The quantitative estimate of drug-likeness (QED) is 0.668. The summed E-state index contributed by atoms with van der Waals surface area (Å²) in [5, 5.41) is 0. The lowest BCUT2D eigenvalue weighted by Gasteiger charge is -2.39. The van der Waals surface area contributed by atoms with Crippen LogP contribution in [0.15, 0.2) is 24.3 Å². The predicted octanol–water partition coefficient (Wildman–Crippen LogP) is 3.04. The van der Waals surface area contributed by atoms with Crippen LogP contribution in [-0.4, -0.2) is 13.1 Å². The minimum Gasteiger partial charge on any atom is -0.438 e. The number of carbonyl (C=O) groups excluding carboxylic acids is 1. The molecule has 3 rings (SSSR count). The molecular weight excluding hydrogens is 202 g/mol. The van der Waals surface area contributed by atoms with E-state index in [4.69, 9.17) is 4.74 Å². The fourth-order valence-electron chi connectivity index (χ4n) is 2.86. The first-order valence-corrected chi connectivity index (χ1v) is 5.79. The van der Waals surface area contributed by atoms with Gasteiger partial charge in [0.1, 0.15) is 5.60 Å². The Kier molecular flexibility index (Phi) is 1.96. The summed E-state index contributed by atoms with van der Waals surface area (Å²) in [5.74, 6) is 0. The first kappa shape index (κ1) is 9.70. The number of hydrogen-bond donors (Lipinski definition) is 0. The van der Waals surface area contributed by atoms with Crippen molar-refractivity contribution >= 4 is 11.8 Å². The molecule has 0 bridgehead atoms. The van der Waals surface area contributed by atoms with Gasteiger partial charge in [-0.05, 0) is 31.7 Å². The van der Waals surface area contributed by atoms with Crippen LogP contribution >= 0.6 is 0 Å². The Morgan fingerprint density at radius 3 is 2.69 bits per heavy atom. The summed E-state index contributed by atoms with van der Waals surface area (Å²) in [6.07, 6.45) is 3.99. The van der Waals surface area contributed by atoms with Crippen LogP contribution in [0.5, 0.6) is 0 Å². The molecule has 3 nitrogen and oxygen atoms in total. The van der Waals surface area contributed by atoms with Gasteiger partial charge in [-0.25, -0.2) is 4.79 Å². The molecule has 0 saturated heterocycles. The number of benzene rings is 1. The average Bonchev–Trinajstić information content (AvgIpc) is 2.76. The van der Waals surface area contributed by atoms with Crippen LogP contribution in [0.1, 0.15) is 31.2 Å². The number of carbonyl (C=O) groups is 1. The standard InChI is InChI=1S/C13H15NO2/c1-14-11-7-3-2-6-10(11)13(16-12(14)15)8-4-5-9-13/h2-3,6-7H,4-5,8-9H2,1H3. The monoisotopic (exact) mass is 217 g/mol. The largest absolute Gasteiger partial charge is 0.438 e. The lowest BCUT2D eigenvalue weighted by Crippen LogP contribution is -2.42. The molecule has 1 aliphatic heterocycles. The van der Waals surface area contributed by atoms with Crippen LogP contribution in [0, 0.1) is 0 Å². The van der Waals surface area contributed by atoms with Gasteiger partial charge in [0.2, 0.25) is 0 Å². The maximum absolute atomic E-state index is 11.8. The topological polar surface area (TPSA) is 29.5 Å². The maximum Gasteiger partial charge on any atom is 0.414 e. The summed E-state index contributed by atoms with van der Waals surface area (Å²) in [4.78, 5) is 13.4. The number of fused-ring (bicyclic) bond motifs is 2. The summed E-state index contributed by atoms with van der Waals surface area (Å²) in [6, 6.07) is 8.07. The number of nitrogens with zero attached hydrogens (tertiary/aromatic N) is 1. The van der Waals surface area contributed by atoms with E-state index in [1.165, 1.54) is 5.56 Å². The SMILES string of the molecule is CN1C(=O)OC2(CCCC2)c2ccccc21. The van der Waals surface area contributed by atoms with E-state index in [2.05, 4.69) is 6.07 Å². The Bertz CT molecular complexity index is 435. The summed E-state index contributed by atoms with van der Waals surface area (Å²) >= 11 is 0. The second kappa shape index (κ2) is 3.24. The summed E-state index contributed by atoms with van der Waals surface area (Å²) in [6.45, 7) is 0. The van der Waals surface area contributed by atoms with Crippen molar-refractivity contribution < 1.29 is 9.53 Å². The fraction of sp³-hybridized carbons (Fsp3) is 0.462. The molecule has 1 heterocycles. The van der Waals surface area contributed by atoms with E-state index in [-0.39, 0.29) is 11.7 Å². The third-order valence-electron chi connectivity index (χ3n) is 3.72. The Hall–Kier alpha value is -1.51. The molecule has 1 saturated carbocycles. The second-order valence-electron chi connectivity index (χ2n) is 4.65. The molecule has 0 atom stereocenters. The summed E-state index contributed by atoms with van der Waals surface area (Å²) < 4.78 is 5.66. The zero-order valence-corrected chi connectivity index (χ0v) is 9.40. The molecule has 1 aromatic carbocycles. The second-order valence-corrected chi connectivity index (χ2v) is 4.65. The summed E-state index contributed by atoms with van der Waals surface area (Å²) in [5.41, 5.74) is 1.84. The average molecular weight is 217 g/mol. The van der Waals surface area contributed by atoms with Crippen LogP contribution in [0.4, 0.5) is 10.5 Å². The molecular formula is C13H15NO2. The van der Waals surface area contributed by atoms with Crippen molar-refractivity contribution in [1.82, 2.24) is 0 Å². The van der Waals surface area contributed by atoms with Crippen LogP contribution < -0.4 is 4.90 Å². The Morgan fingerprint density at radius 1 is 1.25 bits per heavy atom. The molecule has 1 amide bonds. The third-order valence-corrected chi connectivity index (χ3v) is 3.72. The normalized spacial score (nSPS) is 22.1. The van der Waals surface area contributed by atoms with E-state index in [0.717, 1.165) is 31.4 Å². The Labute approximate surface area is 95.0 Å². The first-order chi connectivity index (χ1) is 7.73. The van der Waals surface area contributed by atoms with Crippen molar-refractivity contribution in [1.29, 1.82) is 0 Å². The molecule has 1 spiro atoms. The number of anilines is 1. The van der Waals surface area contributed by atoms with Crippen molar-refractivity contribution in [2.45, 2.75) is 31.3 Å². The van der Waals surface area contributed by atoms with Crippen molar-refractivity contribution in [2.75, 3.05) is 11.9 Å².